The molecule has 51 heavy (non-hydrogen) atoms. The molecule has 0 N–H and O–H groups in total. The van der Waals surface area contributed by atoms with Crippen molar-refractivity contribution in [1.82, 2.24) is 14.5 Å². The number of benzene rings is 7. The largest absolute Gasteiger partial charge is 0.456 e. The van der Waals surface area contributed by atoms with E-state index < -0.39 is 0 Å². The summed E-state index contributed by atoms with van der Waals surface area (Å²) in [6.45, 7) is 0. The standard InChI is InChI=1S/C46H27N3O2/c1-3-12-28(13-4-1)38-27-39(29-22-23-33-32-17-8-10-21-41(32)50-42(33)26-29)48-46(47-38)37-19-11-18-35-36-25-24-34-31-16-7-9-20-40(31)49(30-14-5-2-6-15-30)43(34)45(36)51-44(35)37/h1-27H. The Morgan fingerprint density at radius 3 is 1.92 bits per heavy atom. The molecule has 4 aromatic heterocycles. The maximum Gasteiger partial charge on any atom is 0.164 e. The molecule has 0 saturated heterocycles. The Hall–Kier alpha value is -6.98. The average molecular weight is 654 g/mol. The van der Waals surface area contributed by atoms with Crippen molar-refractivity contribution in [2.75, 3.05) is 0 Å². The van der Waals surface area contributed by atoms with Crippen LogP contribution in [0.15, 0.2) is 173 Å². The SMILES string of the molecule is c1ccc(-c2cc(-c3ccc4c(c3)oc3ccccc34)nc(-c3cccc4c3oc3c4ccc4c5ccccc5n(-c5ccccc5)c43)n2)cc1. The molecule has 0 unspecified atom stereocenters. The molecule has 0 radical (unpaired) electrons. The van der Waals surface area contributed by atoms with Gasteiger partial charge in [-0.2, -0.15) is 0 Å². The molecule has 0 atom stereocenters. The lowest BCUT2D eigenvalue weighted by molar-refractivity contribution is 0.669. The molecule has 11 aromatic rings. The van der Waals surface area contributed by atoms with E-state index in [1.165, 1.54) is 5.39 Å². The van der Waals surface area contributed by atoms with Gasteiger partial charge in [0.2, 0.25) is 0 Å². The first-order chi connectivity index (χ1) is 25.3. The van der Waals surface area contributed by atoms with Gasteiger partial charge in [-0.05, 0) is 54.6 Å². The van der Waals surface area contributed by atoms with Crippen molar-refractivity contribution in [3.63, 3.8) is 0 Å². The van der Waals surface area contributed by atoms with Crippen molar-refractivity contribution in [2.24, 2.45) is 0 Å². The van der Waals surface area contributed by atoms with Gasteiger partial charge in [0, 0.05) is 49.1 Å². The highest BCUT2D eigenvalue weighted by atomic mass is 16.3. The number of rotatable bonds is 4. The Balaban J connectivity index is 1.17. The molecule has 0 aliphatic carbocycles. The van der Waals surface area contributed by atoms with Crippen molar-refractivity contribution in [3.8, 4) is 39.6 Å². The van der Waals surface area contributed by atoms with Crippen molar-refractivity contribution in [1.29, 1.82) is 0 Å². The van der Waals surface area contributed by atoms with E-state index in [1.54, 1.807) is 0 Å². The van der Waals surface area contributed by atoms with Gasteiger partial charge >= 0.3 is 0 Å². The summed E-state index contributed by atoms with van der Waals surface area (Å²) in [6.07, 6.45) is 0. The third kappa shape index (κ3) is 4.22. The van der Waals surface area contributed by atoms with Crippen molar-refractivity contribution >= 4 is 65.7 Å². The molecule has 238 valence electrons. The van der Waals surface area contributed by atoms with Gasteiger partial charge in [0.05, 0.1) is 28.0 Å². The highest BCUT2D eigenvalue weighted by Gasteiger charge is 2.22. The molecule has 5 heteroatoms. The number of fused-ring (bicyclic) bond motifs is 10. The average Bonchev–Trinajstić information content (AvgIpc) is 3.88. The van der Waals surface area contributed by atoms with Gasteiger partial charge in [-0.25, -0.2) is 9.97 Å². The molecule has 0 amide bonds. The number of hydrogen-bond acceptors (Lipinski definition) is 4. The van der Waals surface area contributed by atoms with Crippen LogP contribution in [-0.2, 0) is 0 Å². The molecule has 0 fully saturated rings. The summed E-state index contributed by atoms with van der Waals surface area (Å²) < 4.78 is 15.6. The maximum absolute atomic E-state index is 7.01. The molecule has 0 aliphatic heterocycles. The Kier molecular flexibility index (Phi) is 5.89. The summed E-state index contributed by atoms with van der Waals surface area (Å²) in [5.41, 5.74) is 11.0. The first kappa shape index (κ1) is 27.9. The smallest absolute Gasteiger partial charge is 0.164 e. The topological polar surface area (TPSA) is 57.0 Å². The van der Waals surface area contributed by atoms with Crippen LogP contribution in [0.1, 0.15) is 0 Å². The van der Waals surface area contributed by atoms with E-state index in [0.717, 1.165) is 94.1 Å². The van der Waals surface area contributed by atoms with Crippen LogP contribution in [0.2, 0.25) is 0 Å². The summed E-state index contributed by atoms with van der Waals surface area (Å²) in [5.74, 6) is 0.598. The second-order valence-electron chi connectivity index (χ2n) is 12.9. The van der Waals surface area contributed by atoms with E-state index in [4.69, 9.17) is 18.8 Å². The van der Waals surface area contributed by atoms with Crippen molar-refractivity contribution < 1.29 is 8.83 Å². The van der Waals surface area contributed by atoms with Crippen LogP contribution in [0.3, 0.4) is 0 Å². The minimum Gasteiger partial charge on any atom is -0.456 e. The van der Waals surface area contributed by atoms with Crippen LogP contribution in [0, 0.1) is 0 Å². The second kappa shape index (κ2) is 10.8. The van der Waals surface area contributed by atoms with Gasteiger partial charge in [0.25, 0.3) is 0 Å². The number of hydrogen-bond donors (Lipinski definition) is 0. The molecule has 4 heterocycles. The van der Waals surface area contributed by atoms with Gasteiger partial charge < -0.3 is 13.4 Å². The fourth-order valence-corrected chi connectivity index (χ4v) is 7.68. The predicted molar refractivity (Wildman–Crippen MR) is 207 cm³/mol. The number of nitrogens with zero attached hydrogens (tertiary/aromatic N) is 3. The zero-order valence-corrected chi connectivity index (χ0v) is 27.2. The molecule has 0 spiro atoms. The summed E-state index contributed by atoms with van der Waals surface area (Å²) >= 11 is 0. The highest BCUT2D eigenvalue weighted by molar-refractivity contribution is 6.22. The van der Waals surface area contributed by atoms with E-state index in [1.807, 2.05) is 42.5 Å². The summed E-state index contributed by atoms with van der Waals surface area (Å²) in [6, 6.07) is 56.5. The lowest BCUT2D eigenvalue weighted by atomic mass is 10.0. The minimum absolute atomic E-state index is 0.598. The predicted octanol–water partition coefficient (Wildman–Crippen LogP) is 12.4. The number of furan rings is 2. The molecule has 0 bridgehead atoms. The second-order valence-corrected chi connectivity index (χ2v) is 12.9. The van der Waals surface area contributed by atoms with Crippen LogP contribution in [0.25, 0.3) is 105 Å². The summed E-state index contributed by atoms with van der Waals surface area (Å²) in [5, 5.41) is 6.59. The summed E-state index contributed by atoms with van der Waals surface area (Å²) in [4.78, 5) is 10.4. The van der Waals surface area contributed by atoms with Gasteiger partial charge in [-0.3, -0.25) is 0 Å². The third-order valence-electron chi connectivity index (χ3n) is 10.0. The maximum atomic E-state index is 7.01. The minimum atomic E-state index is 0.598. The Labute approximate surface area is 291 Å². The van der Waals surface area contributed by atoms with Crippen molar-refractivity contribution in [3.05, 3.63) is 164 Å². The van der Waals surface area contributed by atoms with Crippen LogP contribution >= 0.6 is 0 Å². The quantitative estimate of drug-likeness (QED) is 0.190. The molecule has 5 nitrogen and oxygen atoms in total. The zero-order valence-electron chi connectivity index (χ0n) is 27.2. The fraction of sp³-hybridized carbons (Fsp3) is 0. The highest BCUT2D eigenvalue weighted by Crippen LogP contribution is 2.43. The third-order valence-corrected chi connectivity index (χ3v) is 10.0. The van der Waals surface area contributed by atoms with Crippen LogP contribution in [0.4, 0.5) is 0 Å². The summed E-state index contributed by atoms with van der Waals surface area (Å²) in [7, 11) is 0. The van der Waals surface area contributed by atoms with Gasteiger partial charge in [0.15, 0.2) is 11.4 Å². The van der Waals surface area contributed by atoms with Gasteiger partial charge in [0.1, 0.15) is 16.7 Å². The first-order valence-electron chi connectivity index (χ1n) is 17.1. The first-order valence-corrected chi connectivity index (χ1v) is 17.1. The van der Waals surface area contributed by atoms with Crippen LogP contribution in [0.5, 0.6) is 0 Å². The monoisotopic (exact) mass is 653 g/mol. The van der Waals surface area contributed by atoms with E-state index in [0.29, 0.717) is 5.82 Å². The van der Waals surface area contributed by atoms with E-state index in [2.05, 4.69) is 126 Å². The fourth-order valence-electron chi connectivity index (χ4n) is 7.68. The molecular formula is C46H27N3O2. The normalized spacial score (nSPS) is 11.9. The van der Waals surface area contributed by atoms with Crippen LogP contribution < -0.4 is 0 Å². The van der Waals surface area contributed by atoms with E-state index in [-0.39, 0.29) is 0 Å². The van der Waals surface area contributed by atoms with Crippen molar-refractivity contribution in [2.45, 2.75) is 0 Å². The van der Waals surface area contributed by atoms with Crippen LogP contribution in [-0.4, -0.2) is 14.5 Å². The zero-order chi connectivity index (χ0) is 33.5. The number of para-hydroxylation sites is 4. The Morgan fingerprint density at radius 2 is 1.06 bits per heavy atom. The lowest BCUT2D eigenvalue weighted by Gasteiger charge is -2.10. The molecule has 7 aromatic carbocycles. The molecule has 0 saturated carbocycles. The number of aromatic nitrogens is 3. The van der Waals surface area contributed by atoms with E-state index in [9.17, 15) is 0 Å². The van der Waals surface area contributed by atoms with E-state index >= 15 is 0 Å². The van der Waals surface area contributed by atoms with Gasteiger partial charge in [-0.15, -0.1) is 0 Å². The molecule has 0 aliphatic rings. The lowest BCUT2D eigenvalue weighted by Crippen LogP contribution is -1.96. The Morgan fingerprint density at radius 1 is 0.412 bits per heavy atom. The molecular weight excluding hydrogens is 627 g/mol. The molecule has 11 rings (SSSR count). The van der Waals surface area contributed by atoms with Gasteiger partial charge in [-0.1, -0.05) is 109 Å². The Bertz CT molecular complexity index is 3130.